The highest BCUT2D eigenvalue weighted by Gasteiger charge is 2.47. The summed E-state index contributed by atoms with van der Waals surface area (Å²) in [7, 11) is 0. The van der Waals surface area contributed by atoms with Crippen molar-refractivity contribution in [1.29, 1.82) is 0 Å². The molecule has 7 nitrogen and oxygen atoms in total. The molecule has 4 amide bonds. The Hall–Kier alpha value is -2.96. The lowest BCUT2D eigenvalue weighted by atomic mass is 9.85. The topological polar surface area (TPSA) is 86.8 Å². The van der Waals surface area contributed by atoms with E-state index in [0.717, 1.165) is 36.8 Å². The molecule has 1 saturated heterocycles. The number of nitrogens with one attached hydrogen (secondary N) is 1. The molecule has 1 aliphatic heterocycles. The van der Waals surface area contributed by atoms with Crippen molar-refractivity contribution in [2.45, 2.75) is 90.3 Å². The van der Waals surface area contributed by atoms with E-state index in [1.807, 2.05) is 50.3 Å². The Morgan fingerprint density at radius 1 is 1.06 bits per heavy atom. The number of aryl methyl sites for hydroxylation is 1. The minimum atomic E-state index is -0.600. The Labute approximate surface area is 214 Å². The smallest absolute Gasteiger partial charge is 0.243 e. The number of rotatable bonds is 9. The fraction of sp³-hybridized carbons (Fsp3) is 0.586. The SMILES string of the molecule is CC[C@@H](C(=O)NC1CCCCC1)N(Cc1cccc(C)c1)C(=O)CCN1C(=O)[C@H]2CC=CC[C@H]2C1=O. The van der Waals surface area contributed by atoms with Crippen LogP contribution in [0.4, 0.5) is 0 Å². The monoisotopic (exact) mass is 493 g/mol. The highest BCUT2D eigenvalue weighted by molar-refractivity contribution is 6.05. The summed E-state index contributed by atoms with van der Waals surface area (Å²) in [5.41, 5.74) is 2.04. The van der Waals surface area contributed by atoms with Gasteiger partial charge in [0.2, 0.25) is 23.6 Å². The molecule has 0 radical (unpaired) electrons. The Kier molecular flexibility index (Phi) is 8.60. The van der Waals surface area contributed by atoms with Crippen LogP contribution in [0.2, 0.25) is 0 Å². The zero-order chi connectivity index (χ0) is 25.7. The molecule has 4 rings (SSSR count). The average Bonchev–Trinajstić information content (AvgIpc) is 3.12. The van der Waals surface area contributed by atoms with Crippen LogP contribution < -0.4 is 5.32 Å². The van der Waals surface area contributed by atoms with E-state index >= 15 is 0 Å². The van der Waals surface area contributed by atoms with Crippen molar-refractivity contribution in [2.24, 2.45) is 11.8 Å². The summed E-state index contributed by atoms with van der Waals surface area (Å²) in [6.45, 7) is 4.30. The number of likely N-dealkylation sites (tertiary alicyclic amines) is 1. The van der Waals surface area contributed by atoms with E-state index in [4.69, 9.17) is 0 Å². The summed E-state index contributed by atoms with van der Waals surface area (Å²) in [5.74, 6) is -1.27. The lowest BCUT2D eigenvalue weighted by Gasteiger charge is -2.33. The first-order valence-corrected chi connectivity index (χ1v) is 13.5. The van der Waals surface area contributed by atoms with E-state index < -0.39 is 6.04 Å². The maximum absolute atomic E-state index is 13.6. The summed E-state index contributed by atoms with van der Waals surface area (Å²) < 4.78 is 0. The predicted molar refractivity (Wildman–Crippen MR) is 138 cm³/mol. The molecule has 2 aliphatic carbocycles. The van der Waals surface area contributed by atoms with Gasteiger partial charge < -0.3 is 10.2 Å². The number of hydrogen-bond acceptors (Lipinski definition) is 4. The predicted octanol–water partition coefficient (Wildman–Crippen LogP) is 3.89. The fourth-order valence-electron chi connectivity index (χ4n) is 5.91. The first-order valence-electron chi connectivity index (χ1n) is 13.5. The Bertz CT molecular complexity index is 988. The van der Waals surface area contributed by atoms with Crippen LogP contribution in [0.15, 0.2) is 36.4 Å². The third kappa shape index (κ3) is 5.88. The van der Waals surface area contributed by atoms with Gasteiger partial charge in [-0.3, -0.25) is 24.1 Å². The number of allylic oxidation sites excluding steroid dienone is 2. The fourth-order valence-corrected chi connectivity index (χ4v) is 5.91. The number of fused-ring (bicyclic) bond motifs is 1. The number of imide groups is 1. The number of hydrogen-bond donors (Lipinski definition) is 1. The third-order valence-corrected chi connectivity index (χ3v) is 7.92. The second kappa shape index (κ2) is 11.8. The van der Waals surface area contributed by atoms with Gasteiger partial charge in [0, 0.05) is 25.6 Å². The van der Waals surface area contributed by atoms with E-state index in [-0.39, 0.29) is 54.5 Å². The van der Waals surface area contributed by atoms with Gasteiger partial charge in [-0.1, -0.05) is 68.2 Å². The number of amides is 4. The van der Waals surface area contributed by atoms with E-state index in [0.29, 0.717) is 25.8 Å². The van der Waals surface area contributed by atoms with Gasteiger partial charge in [-0.2, -0.15) is 0 Å². The molecule has 3 aliphatic rings. The van der Waals surface area contributed by atoms with Crippen molar-refractivity contribution in [3.63, 3.8) is 0 Å². The number of carbonyl (C=O) groups excluding carboxylic acids is 4. The number of benzene rings is 1. The molecular weight excluding hydrogens is 454 g/mol. The molecule has 0 spiro atoms. The lowest BCUT2D eigenvalue weighted by Crippen LogP contribution is -2.52. The summed E-state index contributed by atoms with van der Waals surface area (Å²) in [6.07, 6.45) is 11.0. The molecule has 1 saturated carbocycles. The van der Waals surface area contributed by atoms with Crippen LogP contribution in [-0.4, -0.2) is 52.1 Å². The van der Waals surface area contributed by atoms with E-state index in [1.54, 1.807) is 4.90 Å². The van der Waals surface area contributed by atoms with Crippen LogP contribution in [0.25, 0.3) is 0 Å². The minimum absolute atomic E-state index is 0.0172. The summed E-state index contributed by atoms with van der Waals surface area (Å²) in [6, 6.07) is 7.50. The van der Waals surface area contributed by atoms with Crippen LogP contribution in [0.5, 0.6) is 0 Å². The maximum Gasteiger partial charge on any atom is 0.243 e. The zero-order valence-electron chi connectivity index (χ0n) is 21.6. The second-order valence-corrected chi connectivity index (χ2v) is 10.5. The summed E-state index contributed by atoms with van der Waals surface area (Å²) >= 11 is 0. The van der Waals surface area contributed by atoms with Crippen LogP contribution in [0.3, 0.4) is 0 Å². The van der Waals surface area contributed by atoms with Crippen molar-refractivity contribution >= 4 is 23.6 Å². The molecule has 0 unspecified atom stereocenters. The molecule has 1 N–H and O–H groups in total. The molecule has 1 aromatic rings. The highest BCUT2D eigenvalue weighted by atomic mass is 16.2. The normalized spacial score (nSPS) is 22.9. The van der Waals surface area contributed by atoms with Gasteiger partial charge in [0.25, 0.3) is 0 Å². The standard InChI is InChI=1S/C29H39N3O4/c1-3-25(27(34)30-22-12-5-4-6-13-22)32(19-21-11-9-10-20(2)18-21)26(33)16-17-31-28(35)23-14-7-8-15-24(23)29(31)36/h7-11,18,22-25H,3-6,12-17,19H2,1-2H3,(H,30,34)/t23-,24+,25-/m0/s1. The zero-order valence-corrected chi connectivity index (χ0v) is 21.6. The van der Waals surface area contributed by atoms with Gasteiger partial charge >= 0.3 is 0 Å². The lowest BCUT2D eigenvalue weighted by molar-refractivity contribution is -0.144. The molecule has 2 fully saturated rings. The van der Waals surface area contributed by atoms with Crippen LogP contribution in [-0.2, 0) is 25.7 Å². The van der Waals surface area contributed by atoms with Crippen LogP contribution in [0, 0.1) is 18.8 Å². The van der Waals surface area contributed by atoms with Gasteiger partial charge in [0.1, 0.15) is 6.04 Å². The molecule has 1 heterocycles. The first kappa shape index (κ1) is 26.1. The molecule has 36 heavy (non-hydrogen) atoms. The highest BCUT2D eigenvalue weighted by Crippen LogP contribution is 2.35. The van der Waals surface area contributed by atoms with Gasteiger partial charge in [0.05, 0.1) is 11.8 Å². The van der Waals surface area contributed by atoms with Gasteiger partial charge in [-0.05, 0) is 44.6 Å². The van der Waals surface area contributed by atoms with Gasteiger partial charge in [-0.15, -0.1) is 0 Å². The number of nitrogens with zero attached hydrogens (tertiary/aromatic N) is 2. The minimum Gasteiger partial charge on any atom is -0.352 e. The van der Waals surface area contributed by atoms with Crippen LogP contribution >= 0.6 is 0 Å². The summed E-state index contributed by atoms with van der Waals surface area (Å²) in [4.78, 5) is 55.6. The van der Waals surface area contributed by atoms with Crippen molar-refractivity contribution in [3.8, 4) is 0 Å². The quantitative estimate of drug-likeness (QED) is 0.418. The molecular formula is C29H39N3O4. The average molecular weight is 494 g/mol. The van der Waals surface area contributed by atoms with Crippen molar-refractivity contribution in [3.05, 3.63) is 47.5 Å². The maximum atomic E-state index is 13.6. The third-order valence-electron chi connectivity index (χ3n) is 7.92. The molecule has 7 heteroatoms. The van der Waals surface area contributed by atoms with Crippen LogP contribution in [0.1, 0.15) is 75.8 Å². The van der Waals surface area contributed by atoms with Gasteiger partial charge in [-0.25, -0.2) is 0 Å². The molecule has 0 aromatic heterocycles. The molecule has 1 aromatic carbocycles. The molecule has 3 atom stereocenters. The van der Waals surface area contributed by atoms with Crippen molar-refractivity contribution in [1.82, 2.24) is 15.1 Å². The molecule has 194 valence electrons. The van der Waals surface area contributed by atoms with Crippen molar-refractivity contribution < 1.29 is 19.2 Å². The van der Waals surface area contributed by atoms with E-state index in [1.165, 1.54) is 11.3 Å². The second-order valence-electron chi connectivity index (χ2n) is 10.5. The summed E-state index contributed by atoms with van der Waals surface area (Å²) in [5, 5.41) is 3.19. The van der Waals surface area contributed by atoms with Crippen molar-refractivity contribution in [2.75, 3.05) is 6.54 Å². The Morgan fingerprint density at radius 3 is 2.33 bits per heavy atom. The first-order chi connectivity index (χ1) is 17.4. The number of carbonyl (C=O) groups is 4. The largest absolute Gasteiger partial charge is 0.352 e. The Morgan fingerprint density at radius 2 is 1.72 bits per heavy atom. The molecule has 0 bridgehead atoms. The van der Waals surface area contributed by atoms with Gasteiger partial charge in [0.15, 0.2) is 0 Å². The Balaban J connectivity index is 1.48. The van der Waals surface area contributed by atoms with E-state index in [2.05, 4.69) is 5.32 Å². The van der Waals surface area contributed by atoms with E-state index in [9.17, 15) is 19.2 Å².